The van der Waals surface area contributed by atoms with Gasteiger partial charge in [-0.1, -0.05) is 6.07 Å². The Hall–Kier alpha value is -1.27. The van der Waals surface area contributed by atoms with Gasteiger partial charge in [0.1, 0.15) is 23.9 Å². The minimum atomic E-state index is -0.412. The normalized spacial score (nSPS) is 10.4. The van der Waals surface area contributed by atoms with E-state index in [2.05, 4.69) is 31.9 Å². The van der Waals surface area contributed by atoms with Crippen molar-refractivity contribution in [3.63, 3.8) is 0 Å². The molecule has 0 unspecified atom stereocenters. The van der Waals surface area contributed by atoms with Crippen LogP contribution in [0.15, 0.2) is 39.3 Å². The third-order valence-corrected chi connectivity index (χ3v) is 3.89. The average molecular weight is 405 g/mol. The smallest absolute Gasteiger partial charge is 0.145 e. The van der Waals surface area contributed by atoms with Gasteiger partial charge in [-0.15, -0.1) is 0 Å². The van der Waals surface area contributed by atoms with E-state index in [0.717, 1.165) is 15.8 Å². The molecule has 0 heterocycles. The summed E-state index contributed by atoms with van der Waals surface area (Å²) in [6.45, 7) is 0.286. The number of rotatable bonds is 4. The highest BCUT2D eigenvalue weighted by molar-refractivity contribution is 9.10. The van der Waals surface area contributed by atoms with Crippen molar-refractivity contribution in [3.8, 4) is 11.5 Å². The fourth-order valence-corrected chi connectivity index (χ4v) is 2.58. The van der Waals surface area contributed by atoms with Crippen LogP contribution >= 0.6 is 31.9 Å². The molecular formula is C14H12Br2FNO2. The van der Waals surface area contributed by atoms with Gasteiger partial charge >= 0.3 is 0 Å². The Morgan fingerprint density at radius 1 is 1.10 bits per heavy atom. The van der Waals surface area contributed by atoms with Crippen LogP contribution in [0, 0.1) is 5.82 Å². The second-order valence-corrected chi connectivity index (χ2v) is 5.77. The fourth-order valence-electron chi connectivity index (χ4n) is 1.63. The summed E-state index contributed by atoms with van der Waals surface area (Å²) in [6.07, 6.45) is 0. The van der Waals surface area contributed by atoms with Crippen LogP contribution < -0.4 is 15.2 Å². The van der Waals surface area contributed by atoms with Gasteiger partial charge in [0.2, 0.25) is 0 Å². The Bertz CT molecular complexity index is 635. The van der Waals surface area contributed by atoms with Crippen molar-refractivity contribution in [2.24, 2.45) is 0 Å². The lowest BCUT2D eigenvalue weighted by atomic mass is 10.2. The zero-order valence-electron chi connectivity index (χ0n) is 10.6. The van der Waals surface area contributed by atoms with Crippen LogP contribution in [0.2, 0.25) is 0 Å². The van der Waals surface area contributed by atoms with Crippen molar-refractivity contribution in [3.05, 3.63) is 50.7 Å². The highest BCUT2D eigenvalue weighted by atomic mass is 79.9. The molecule has 0 radical (unpaired) electrons. The summed E-state index contributed by atoms with van der Waals surface area (Å²) in [5, 5.41) is 0. The van der Waals surface area contributed by atoms with Crippen LogP contribution in [0.3, 0.4) is 0 Å². The first kappa shape index (κ1) is 15.1. The number of methoxy groups -OCH3 is 1. The maximum absolute atomic E-state index is 13.4. The second kappa shape index (κ2) is 6.45. The molecule has 0 aliphatic rings. The van der Waals surface area contributed by atoms with E-state index in [9.17, 15) is 4.39 Å². The van der Waals surface area contributed by atoms with Gasteiger partial charge in [0.05, 0.1) is 21.7 Å². The van der Waals surface area contributed by atoms with Crippen LogP contribution in [0.1, 0.15) is 5.56 Å². The number of ether oxygens (including phenoxy) is 2. The SMILES string of the molecule is COc1ccc(COc2cc(F)c(Br)cc2N)cc1Br. The highest BCUT2D eigenvalue weighted by Gasteiger charge is 2.08. The van der Waals surface area contributed by atoms with Crippen LogP contribution in [0.5, 0.6) is 11.5 Å². The fraction of sp³-hybridized carbons (Fsp3) is 0.143. The van der Waals surface area contributed by atoms with Crippen LogP contribution in [-0.2, 0) is 6.61 Å². The van der Waals surface area contributed by atoms with E-state index >= 15 is 0 Å². The maximum Gasteiger partial charge on any atom is 0.145 e. The summed E-state index contributed by atoms with van der Waals surface area (Å²) >= 11 is 6.47. The third kappa shape index (κ3) is 3.43. The number of nitrogens with two attached hydrogens (primary N) is 1. The lowest BCUT2D eigenvalue weighted by molar-refractivity contribution is 0.306. The summed E-state index contributed by atoms with van der Waals surface area (Å²) < 4.78 is 25.3. The van der Waals surface area contributed by atoms with E-state index in [0.29, 0.717) is 15.9 Å². The number of benzene rings is 2. The molecule has 2 rings (SSSR count). The van der Waals surface area contributed by atoms with Crippen molar-refractivity contribution in [2.75, 3.05) is 12.8 Å². The molecule has 0 spiro atoms. The quantitative estimate of drug-likeness (QED) is 0.762. The molecule has 2 N–H and O–H groups in total. The first-order valence-electron chi connectivity index (χ1n) is 5.71. The van der Waals surface area contributed by atoms with Crippen molar-refractivity contribution >= 4 is 37.5 Å². The minimum Gasteiger partial charge on any atom is -0.496 e. The molecule has 0 aliphatic heterocycles. The van der Waals surface area contributed by atoms with E-state index in [-0.39, 0.29) is 6.61 Å². The number of anilines is 1. The van der Waals surface area contributed by atoms with Crippen LogP contribution in [-0.4, -0.2) is 7.11 Å². The Morgan fingerprint density at radius 3 is 2.50 bits per heavy atom. The van der Waals surface area contributed by atoms with E-state index < -0.39 is 5.82 Å². The second-order valence-electron chi connectivity index (χ2n) is 4.06. The zero-order chi connectivity index (χ0) is 14.7. The van der Waals surface area contributed by atoms with Gasteiger partial charge in [0, 0.05) is 6.07 Å². The number of hydrogen-bond donors (Lipinski definition) is 1. The lowest BCUT2D eigenvalue weighted by Crippen LogP contribution is -2.00. The Morgan fingerprint density at radius 2 is 1.85 bits per heavy atom. The van der Waals surface area contributed by atoms with Gasteiger partial charge in [-0.2, -0.15) is 0 Å². The summed E-state index contributed by atoms with van der Waals surface area (Å²) in [5.74, 6) is 0.644. The third-order valence-electron chi connectivity index (χ3n) is 2.66. The van der Waals surface area contributed by atoms with E-state index in [4.69, 9.17) is 15.2 Å². The standard InChI is InChI=1S/C14H12Br2FNO2/c1-19-13-3-2-8(4-10(13)16)7-20-14-6-11(17)9(15)5-12(14)18/h2-6H,7,18H2,1H3. The topological polar surface area (TPSA) is 44.5 Å². The first-order valence-corrected chi connectivity index (χ1v) is 7.29. The molecule has 0 saturated carbocycles. The van der Waals surface area contributed by atoms with Crippen molar-refractivity contribution < 1.29 is 13.9 Å². The number of halogens is 3. The average Bonchev–Trinajstić information content (AvgIpc) is 2.41. The lowest BCUT2D eigenvalue weighted by Gasteiger charge is -2.11. The molecule has 0 amide bonds. The maximum atomic E-state index is 13.4. The Labute approximate surface area is 133 Å². The van der Waals surface area contributed by atoms with E-state index in [1.54, 1.807) is 7.11 Å². The van der Waals surface area contributed by atoms with Gasteiger partial charge in [0.15, 0.2) is 0 Å². The molecule has 0 atom stereocenters. The van der Waals surface area contributed by atoms with Crippen molar-refractivity contribution in [2.45, 2.75) is 6.61 Å². The van der Waals surface area contributed by atoms with Crippen LogP contribution in [0.25, 0.3) is 0 Å². The first-order chi connectivity index (χ1) is 9.51. The van der Waals surface area contributed by atoms with Crippen LogP contribution in [0.4, 0.5) is 10.1 Å². The largest absolute Gasteiger partial charge is 0.496 e. The molecule has 106 valence electrons. The molecule has 0 fully saturated rings. The molecule has 3 nitrogen and oxygen atoms in total. The number of nitrogen functional groups attached to an aromatic ring is 1. The van der Waals surface area contributed by atoms with E-state index in [1.165, 1.54) is 12.1 Å². The summed E-state index contributed by atoms with van der Waals surface area (Å²) in [7, 11) is 1.60. The molecule has 2 aromatic carbocycles. The van der Waals surface area contributed by atoms with Gasteiger partial charge < -0.3 is 15.2 Å². The molecule has 20 heavy (non-hydrogen) atoms. The summed E-state index contributed by atoms with van der Waals surface area (Å²) in [6, 6.07) is 8.32. The summed E-state index contributed by atoms with van der Waals surface area (Å²) in [4.78, 5) is 0. The predicted molar refractivity (Wildman–Crippen MR) is 83.5 cm³/mol. The molecular weight excluding hydrogens is 393 g/mol. The molecule has 0 saturated heterocycles. The molecule has 0 bridgehead atoms. The Kier molecular flexibility index (Phi) is 4.88. The van der Waals surface area contributed by atoms with Crippen molar-refractivity contribution in [1.82, 2.24) is 0 Å². The predicted octanol–water partition coefficient (Wildman–Crippen LogP) is 4.52. The molecule has 2 aromatic rings. The highest BCUT2D eigenvalue weighted by Crippen LogP contribution is 2.30. The number of hydrogen-bond acceptors (Lipinski definition) is 3. The monoisotopic (exact) mass is 403 g/mol. The van der Waals surface area contributed by atoms with Crippen molar-refractivity contribution in [1.29, 1.82) is 0 Å². The minimum absolute atomic E-state index is 0.286. The van der Waals surface area contributed by atoms with E-state index in [1.807, 2.05) is 18.2 Å². The van der Waals surface area contributed by atoms with Gasteiger partial charge in [-0.05, 0) is 55.6 Å². The van der Waals surface area contributed by atoms with Gasteiger partial charge in [0.25, 0.3) is 0 Å². The molecule has 6 heteroatoms. The van der Waals surface area contributed by atoms with Gasteiger partial charge in [-0.3, -0.25) is 0 Å². The summed E-state index contributed by atoms with van der Waals surface area (Å²) in [5.41, 5.74) is 7.08. The molecule has 0 aromatic heterocycles. The van der Waals surface area contributed by atoms with Gasteiger partial charge in [-0.25, -0.2) is 4.39 Å². The molecule has 0 aliphatic carbocycles. The Balaban J connectivity index is 2.13. The zero-order valence-corrected chi connectivity index (χ0v) is 13.8.